The zero-order valence-electron chi connectivity index (χ0n) is 6.23. The van der Waals surface area contributed by atoms with E-state index in [0.29, 0.717) is 21.1 Å². The summed E-state index contributed by atoms with van der Waals surface area (Å²) in [4.78, 5) is 11.0. The first kappa shape index (κ1) is 9.09. The van der Waals surface area contributed by atoms with Crippen LogP contribution in [0.5, 0.6) is 5.88 Å². The third-order valence-corrected chi connectivity index (χ3v) is 2.39. The van der Waals surface area contributed by atoms with Crippen molar-refractivity contribution in [3.8, 4) is 11.3 Å². The maximum atomic E-state index is 11.0. The van der Waals surface area contributed by atoms with Crippen LogP contribution in [0.2, 0.25) is 0 Å². The summed E-state index contributed by atoms with van der Waals surface area (Å²) in [6.45, 7) is 0. The number of rotatable bonds is 3. The third-order valence-electron chi connectivity index (χ3n) is 1.18. The second-order valence-electron chi connectivity index (χ2n) is 1.81. The first-order valence-electron chi connectivity index (χ1n) is 2.98. The quantitative estimate of drug-likeness (QED) is 0.581. The highest BCUT2D eigenvalue weighted by Gasteiger charge is 2.18. The second kappa shape index (κ2) is 4.13. The van der Waals surface area contributed by atoms with Gasteiger partial charge in [0.05, 0.1) is 16.7 Å². The summed E-state index contributed by atoms with van der Waals surface area (Å²) in [7, 11) is 1.47. The Hall–Kier alpha value is -1.00. The van der Waals surface area contributed by atoms with Gasteiger partial charge in [-0.25, -0.2) is 0 Å². The van der Waals surface area contributed by atoms with Gasteiger partial charge in [0.1, 0.15) is 5.40 Å². The molecule has 7 heteroatoms. The molecule has 0 aromatic carbocycles. The Morgan fingerprint density at radius 2 is 2.67 bits per heavy atom. The van der Waals surface area contributed by atoms with E-state index in [1.54, 1.807) is 0 Å². The maximum absolute atomic E-state index is 11.0. The SMILES string of the molecule is COc1[nH]s[n+](=O)c1CSC#N. The zero-order chi connectivity index (χ0) is 8.97. The summed E-state index contributed by atoms with van der Waals surface area (Å²) >= 11 is 1.90. The van der Waals surface area contributed by atoms with Gasteiger partial charge in [0.25, 0.3) is 17.4 Å². The highest BCUT2D eigenvalue weighted by molar-refractivity contribution is 8.02. The molecular formula is C5H6N3O2S2+. The van der Waals surface area contributed by atoms with Gasteiger partial charge < -0.3 is 4.74 Å². The molecule has 5 nitrogen and oxygen atoms in total. The number of nitrogens with zero attached hydrogens (tertiary/aromatic N) is 2. The van der Waals surface area contributed by atoms with Gasteiger partial charge in [0, 0.05) is 0 Å². The van der Waals surface area contributed by atoms with Crippen molar-refractivity contribution in [3.05, 3.63) is 10.6 Å². The summed E-state index contributed by atoms with van der Waals surface area (Å²) in [5.74, 6) is 0.765. The first-order valence-corrected chi connectivity index (χ1v) is 4.73. The van der Waals surface area contributed by atoms with Gasteiger partial charge >= 0.3 is 5.88 Å². The van der Waals surface area contributed by atoms with Crippen LogP contribution in [0.25, 0.3) is 0 Å². The third kappa shape index (κ3) is 1.78. The molecular weight excluding hydrogens is 198 g/mol. The Morgan fingerprint density at radius 3 is 3.25 bits per heavy atom. The van der Waals surface area contributed by atoms with Crippen molar-refractivity contribution in [2.45, 2.75) is 5.75 Å². The number of nitriles is 1. The van der Waals surface area contributed by atoms with Crippen molar-refractivity contribution in [2.24, 2.45) is 0 Å². The molecule has 0 aliphatic heterocycles. The molecule has 64 valence electrons. The van der Waals surface area contributed by atoms with E-state index in [0.717, 1.165) is 23.5 Å². The van der Waals surface area contributed by atoms with E-state index in [1.807, 2.05) is 5.40 Å². The molecule has 0 saturated heterocycles. The van der Waals surface area contributed by atoms with Gasteiger partial charge in [-0.1, -0.05) is 0 Å². The number of methoxy groups -OCH3 is 1. The van der Waals surface area contributed by atoms with Gasteiger partial charge in [-0.3, -0.25) is 0 Å². The van der Waals surface area contributed by atoms with Crippen molar-refractivity contribution in [1.82, 2.24) is 4.37 Å². The number of hydrogen-bond acceptors (Lipinski definition) is 5. The van der Waals surface area contributed by atoms with Crippen LogP contribution in [-0.4, -0.2) is 11.5 Å². The number of ether oxygens (including phenoxy) is 1. The Morgan fingerprint density at radius 1 is 1.92 bits per heavy atom. The summed E-state index contributed by atoms with van der Waals surface area (Å²) in [6, 6.07) is 0. The molecule has 0 aliphatic carbocycles. The van der Waals surface area contributed by atoms with Gasteiger partial charge in [0.15, 0.2) is 0 Å². The van der Waals surface area contributed by atoms with Crippen molar-refractivity contribution >= 4 is 23.5 Å². The monoisotopic (exact) mass is 204 g/mol. The number of H-pyrrole nitrogens is 1. The van der Waals surface area contributed by atoms with Crippen LogP contribution in [0.15, 0.2) is 0 Å². The van der Waals surface area contributed by atoms with E-state index in [4.69, 9.17) is 10.00 Å². The minimum atomic E-state index is 0.336. The first-order chi connectivity index (χ1) is 5.79. The lowest BCUT2D eigenvalue weighted by Crippen LogP contribution is -2.12. The topological polar surface area (TPSA) is 71.8 Å². The zero-order valence-corrected chi connectivity index (χ0v) is 7.87. The van der Waals surface area contributed by atoms with Crippen LogP contribution in [0.1, 0.15) is 5.69 Å². The van der Waals surface area contributed by atoms with Crippen LogP contribution >= 0.6 is 23.5 Å². The van der Waals surface area contributed by atoms with Crippen LogP contribution in [0.4, 0.5) is 0 Å². The number of aromatic amines is 1. The molecule has 0 bridgehead atoms. The molecule has 0 amide bonds. The molecule has 0 aliphatic rings. The molecule has 0 fully saturated rings. The van der Waals surface area contributed by atoms with E-state index >= 15 is 0 Å². The molecule has 0 radical (unpaired) electrons. The predicted molar refractivity (Wildman–Crippen MR) is 45.5 cm³/mol. The van der Waals surface area contributed by atoms with Gasteiger partial charge in [0.2, 0.25) is 0 Å². The van der Waals surface area contributed by atoms with Gasteiger partial charge in [-0.2, -0.15) is 9.64 Å². The van der Waals surface area contributed by atoms with Crippen LogP contribution in [0.3, 0.4) is 0 Å². The molecule has 1 aromatic heterocycles. The Bertz CT molecular complexity index is 350. The van der Waals surface area contributed by atoms with E-state index in [9.17, 15) is 4.91 Å². The van der Waals surface area contributed by atoms with Crippen LogP contribution < -0.4 is 8.55 Å². The lowest BCUT2D eigenvalue weighted by atomic mass is 10.5. The Labute approximate surface area is 76.9 Å². The highest BCUT2D eigenvalue weighted by atomic mass is 32.2. The number of thiocyanates is 1. The fraction of sp³-hybridized carbons (Fsp3) is 0.400. The van der Waals surface area contributed by atoms with Gasteiger partial charge in [-0.15, -0.1) is 0 Å². The number of thioether (sulfide) groups is 1. The lowest BCUT2D eigenvalue weighted by molar-refractivity contribution is -0.423. The van der Waals surface area contributed by atoms with E-state index in [1.165, 1.54) is 7.11 Å². The largest absolute Gasteiger partial charge is 0.462 e. The van der Waals surface area contributed by atoms with Crippen molar-refractivity contribution in [3.63, 3.8) is 0 Å². The Balaban J connectivity index is 2.88. The van der Waals surface area contributed by atoms with E-state index < -0.39 is 0 Å². The minimum Gasteiger partial charge on any atom is -0.462 e. The smallest absolute Gasteiger partial charge is 0.343 e. The highest BCUT2D eigenvalue weighted by Crippen LogP contribution is 2.16. The summed E-state index contributed by atoms with van der Waals surface area (Å²) in [6.07, 6.45) is 0. The molecule has 12 heavy (non-hydrogen) atoms. The summed E-state index contributed by atoms with van der Waals surface area (Å²) in [5, 5.41) is 10.2. The number of hydrogen-bond donors (Lipinski definition) is 1. The predicted octanol–water partition coefficient (Wildman–Crippen LogP) is 0.714. The summed E-state index contributed by atoms with van der Waals surface area (Å²) in [5.41, 5.74) is 0.453. The van der Waals surface area contributed by atoms with E-state index in [-0.39, 0.29) is 0 Å². The van der Waals surface area contributed by atoms with Crippen LogP contribution in [-0.2, 0) is 5.75 Å². The maximum Gasteiger partial charge on any atom is 0.343 e. The van der Waals surface area contributed by atoms with E-state index in [2.05, 4.69) is 4.37 Å². The molecule has 0 spiro atoms. The number of nitrogens with one attached hydrogen (secondary N) is 1. The lowest BCUT2D eigenvalue weighted by Gasteiger charge is -1.88. The molecule has 0 unspecified atom stereocenters. The minimum absolute atomic E-state index is 0.336. The molecule has 0 atom stereocenters. The standard InChI is InChI=1S/C5H6N3O2S2/c1-10-5-4(2-11-3-6)8(9)12-7-5/h7H,2H2,1H3/q+1. The van der Waals surface area contributed by atoms with Crippen molar-refractivity contribution in [1.29, 1.82) is 5.26 Å². The summed E-state index contributed by atoms with van der Waals surface area (Å²) < 4.78 is 8.25. The molecule has 1 heterocycles. The molecule has 1 N–H and O–H groups in total. The Kier molecular flexibility index (Phi) is 3.13. The molecule has 1 rings (SSSR count). The van der Waals surface area contributed by atoms with Crippen molar-refractivity contribution in [2.75, 3.05) is 7.11 Å². The average Bonchev–Trinajstić information content (AvgIpc) is 2.43. The van der Waals surface area contributed by atoms with Crippen LogP contribution in [0, 0.1) is 15.6 Å². The second-order valence-corrected chi connectivity index (χ2v) is 3.29. The molecule has 0 saturated carbocycles. The fourth-order valence-corrected chi connectivity index (χ4v) is 1.81. The fourth-order valence-electron chi connectivity index (χ4n) is 0.658. The van der Waals surface area contributed by atoms with Gasteiger partial charge in [-0.05, 0) is 16.7 Å². The van der Waals surface area contributed by atoms with Crippen molar-refractivity contribution < 1.29 is 8.55 Å². The average molecular weight is 204 g/mol. The normalized spacial score (nSPS) is 9.33. The molecule has 1 aromatic rings. The number of aromatic nitrogens is 2.